The maximum atomic E-state index is 12.2. The van der Waals surface area contributed by atoms with Gasteiger partial charge in [0.05, 0.1) is 18.6 Å². The molecule has 2 rings (SSSR count). The van der Waals surface area contributed by atoms with E-state index in [-0.39, 0.29) is 14.9 Å². The number of carbonyl (C=O) groups excluding carboxylic acids is 1. The van der Waals surface area contributed by atoms with Crippen molar-refractivity contribution in [3.63, 3.8) is 0 Å². The van der Waals surface area contributed by atoms with Crippen molar-refractivity contribution in [2.45, 2.75) is 4.90 Å². The first-order valence-corrected chi connectivity index (χ1v) is 9.28. The number of Topliss-reactive ketones (excluding diaryl/α,β-unsaturated/α-hetero) is 1. The Balaban J connectivity index is 2.32. The lowest BCUT2D eigenvalue weighted by Crippen LogP contribution is -2.16. The standard InChI is InChI=1S/C12H7BrCl2O3S2/c13-12-4-3-10(19-12)9(16)6-20(17,18)11-5-7(14)1-2-8(11)15/h1-5H,6H2. The Morgan fingerprint density at radius 3 is 2.50 bits per heavy atom. The van der Waals surface area contributed by atoms with Gasteiger partial charge in [0.1, 0.15) is 5.75 Å². The van der Waals surface area contributed by atoms with Gasteiger partial charge in [0.25, 0.3) is 0 Å². The molecule has 8 heteroatoms. The van der Waals surface area contributed by atoms with Crippen LogP contribution in [0.4, 0.5) is 0 Å². The third-order valence-corrected chi connectivity index (χ3v) is 6.39. The molecule has 0 aliphatic heterocycles. The van der Waals surface area contributed by atoms with Crippen molar-refractivity contribution in [1.29, 1.82) is 0 Å². The van der Waals surface area contributed by atoms with E-state index >= 15 is 0 Å². The number of thiophene rings is 1. The van der Waals surface area contributed by atoms with Gasteiger partial charge in [-0.2, -0.15) is 0 Å². The average Bonchev–Trinajstić information content (AvgIpc) is 2.78. The average molecular weight is 414 g/mol. The molecule has 0 aliphatic carbocycles. The van der Waals surface area contributed by atoms with Crippen molar-refractivity contribution in [2.24, 2.45) is 0 Å². The van der Waals surface area contributed by atoms with Crippen LogP contribution in [0, 0.1) is 0 Å². The molecule has 0 unspecified atom stereocenters. The van der Waals surface area contributed by atoms with Crippen molar-refractivity contribution in [2.75, 3.05) is 5.75 Å². The smallest absolute Gasteiger partial charge is 0.188 e. The minimum atomic E-state index is -3.83. The molecule has 106 valence electrons. The molecule has 1 heterocycles. The van der Waals surface area contributed by atoms with E-state index < -0.39 is 21.4 Å². The fourth-order valence-electron chi connectivity index (χ4n) is 1.50. The minimum absolute atomic E-state index is 0.0505. The Morgan fingerprint density at radius 2 is 1.90 bits per heavy atom. The predicted molar refractivity (Wildman–Crippen MR) is 84.9 cm³/mol. The SMILES string of the molecule is O=C(CS(=O)(=O)c1cc(Cl)ccc1Cl)c1ccc(Br)s1. The molecule has 0 saturated heterocycles. The van der Waals surface area contributed by atoms with Gasteiger partial charge in [-0.05, 0) is 46.3 Å². The summed E-state index contributed by atoms with van der Waals surface area (Å²) in [6.07, 6.45) is 0. The second-order valence-electron chi connectivity index (χ2n) is 3.86. The number of hydrogen-bond acceptors (Lipinski definition) is 4. The van der Waals surface area contributed by atoms with E-state index in [0.717, 1.165) is 3.79 Å². The van der Waals surface area contributed by atoms with Gasteiger partial charge in [-0.15, -0.1) is 11.3 Å². The van der Waals surface area contributed by atoms with Crippen LogP contribution in [0.25, 0.3) is 0 Å². The van der Waals surface area contributed by atoms with E-state index in [1.807, 2.05) is 0 Å². The van der Waals surface area contributed by atoms with Crippen LogP contribution < -0.4 is 0 Å². The number of rotatable bonds is 4. The number of benzene rings is 1. The highest BCUT2D eigenvalue weighted by Gasteiger charge is 2.24. The summed E-state index contributed by atoms with van der Waals surface area (Å²) in [5.74, 6) is -1.11. The highest BCUT2D eigenvalue weighted by Crippen LogP contribution is 2.28. The van der Waals surface area contributed by atoms with Crippen molar-refractivity contribution < 1.29 is 13.2 Å². The van der Waals surface area contributed by atoms with Gasteiger partial charge in [-0.3, -0.25) is 4.79 Å². The Hall–Kier alpha value is -0.400. The van der Waals surface area contributed by atoms with Gasteiger partial charge in [-0.25, -0.2) is 8.42 Å². The van der Waals surface area contributed by atoms with Crippen LogP contribution in [0.5, 0.6) is 0 Å². The van der Waals surface area contributed by atoms with E-state index in [1.54, 1.807) is 12.1 Å². The van der Waals surface area contributed by atoms with Crippen LogP contribution in [-0.2, 0) is 9.84 Å². The van der Waals surface area contributed by atoms with E-state index in [0.29, 0.717) is 4.88 Å². The van der Waals surface area contributed by atoms with Gasteiger partial charge in [-0.1, -0.05) is 23.2 Å². The number of ketones is 1. The van der Waals surface area contributed by atoms with Gasteiger partial charge < -0.3 is 0 Å². The fraction of sp³-hybridized carbons (Fsp3) is 0.0833. The predicted octanol–water partition coefficient (Wildman–Crippen LogP) is 4.47. The largest absolute Gasteiger partial charge is 0.292 e. The van der Waals surface area contributed by atoms with Gasteiger partial charge in [0, 0.05) is 5.02 Å². The summed E-state index contributed by atoms with van der Waals surface area (Å²) < 4.78 is 25.2. The van der Waals surface area contributed by atoms with Crippen LogP contribution in [0.15, 0.2) is 39.0 Å². The zero-order valence-electron chi connectivity index (χ0n) is 9.77. The van der Waals surface area contributed by atoms with Gasteiger partial charge in [0.15, 0.2) is 15.6 Å². The van der Waals surface area contributed by atoms with E-state index in [1.165, 1.54) is 29.5 Å². The molecule has 2 aromatic rings. The van der Waals surface area contributed by atoms with Crippen molar-refractivity contribution in [1.82, 2.24) is 0 Å². The number of halogens is 3. The highest BCUT2D eigenvalue weighted by atomic mass is 79.9. The third kappa shape index (κ3) is 3.62. The highest BCUT2D eigenvalue weighted by molar-refractivity contribution is 9.11. The Morgan fingerprint density at radius 1 is 1.20 bits per heavy atom. The normalized spacial score (nSPS) is 11.6. The first kappa shape index (κ1) is 16.0. The molecule has 0 bridgehead atoms. The number of carbonyl (C=O) groups is 1. The second kappa shape index (κ2) is 6.15. The molecule has 0 amide bonds. The molecule has 0 aliphatic rings. The summed E-state index contributed by atoms with van der Waals surface area (Å²) in [5, 5.41) is 0.300. The molecule has 0 spiro atoms. The summed E-state index contributed by atoms with van der Waals surface area (Å²) in [6.45, 7) is 0. The topological polar surface area (TPSA) is 51.2 Å². The lowest BCUT2D eigenvalue weighted by molar-refractivity contribution is 0.102. The molecule has 3 nitrogen and oxygen atoms in total. The molecule has 1 aromatic heterocycles. The lowest BCUT2D eigenvalue weighted by atomic mass is 10.3. The van der Waals surface area contributed by atoms with E-state index in [2.05, 4.69) is 15.9 Å². The van der Waals surface area contributed by atoms with Crippen molar-refractivity contribution in [3.8, 4) is 0 Å². The molecule has 0 radical (unpaired) electrons. The first-order valence-electron chi connectivity index (χ1n) is 5.26. The number of sulfone groups is 1. The number of hydrogen-bond donors (Lipinski definition) is 0. The molecular weight excluding hydrogens is 407 g/mol. The summed E-state index contributed by atoms with van der Waals surface area (Å²) in [5.41, 5.74) is 0. The van der Waals surface area contributed by atoms with Gasteiger partial charge in [0.2, 0.25) is 0 Å². The fourth-order valence-corrected chi connectivity index (χ4v) is 4.95. The molecule has 0 saturated carbocycles. The third-order valence-electron chi connectivity index (χ3n) is 2.40. The maximum absolute atomic E-state index is 12.2. The zero-order chi connectivity index (χ0) is 14.9. The minimum Gasteiger partial charge on any atom is -0.292 e. The van der Waals surface area contributed by atoms with E-state index in [9.17, 15) is 13.2 Å². The monoisotopic (exact) mass is 412 g/mol. The molecule has 0 N–H and O–H groups in total. The van der Waals surface area contributed by atoms with Crippen LogP contribution in [0.3, 0.4) is 0 Å². The summed E-state index contributed by atoms with van der Waals surface area (Å²) >= 11 is 16.0. The summed E-state index contributed by atoms with van der Waals surface area (Å²) in [6, 6.07) is 7.39. The summed E-state index contributed by atoms with van der Waals surface area (Å²) in [4.78, 5) is 12.2. The molecule has 0 fully saturated rings. The summed E-state index contributed by atoms with van der Waals surface area (Å²) in [7, 11) is -3.83. The molecular formula is C12H7BrCl2O3S2. The Labute approximate surface area is 138 Å². The quantitative estimate of drug-likeness (QED) is 0.694. The molecule has 0 atom stereocenters. The van der Waals surface area contributed by atoms with Gasteiger partial charge >= 0.3 is 0 Å². The van der Waals surface area contributed by atoms with Crippen molar-refractivity contribution >= 4 is 66.1 Å². The molecule has 20 heavy (non-hydrogen) atoms. The van der Waals surface area contributed by atoms with Crippen LogP contribution >= 0.6 is 50.5 Å². The second-order valence-corrected chi connectivity index (χ2v) is 9.13. The maximum Gasteiger partial charge on any atom is 0.188 e. The molecule has 1 aromatic carbocycles. The van der Waals surface area contributed by atoms with Crippen molar-refractivity contribution in [3.05, 3.63) is 49.0 Å². The first-order chi connectivity index (χ1) is 9.29. The van der Waals surface area contributed by atoms with Crippen LogP contribution in [0.2, 0.25) is 10.0 Å². The Kier molecular flexibility index (Phi) is 4.92. The zero-order valence-corrected chi connectivity index (χ0v) is 14.5. The Bertz CT molecular complexity index is 769. The van der Waals surface area contributed by atoms with Crippen LogP contribution in [-0.4, -0.2) is 20.0 Å². The van der Waals surface area contributed by atoms with E-state index in [4.69, 9.17) is 23.2 Å². The lowest BCUT2D eigenvalue weighted by Gasteiger charge is -2.05. The van der Waals surface area contributed by atoms with Crippen LogP contribution in [0.1, 0.15) is 9.67 Å².